The number of alkyl halides is 2. The van der Waals surface area contributed by atoms with Gasteiger partial charge in [-0.3, -0.25) is 0 Å². The molecule has 1 atom stereocenters. The van der Waals surface area contributed by atoms with Crippen molar-refractivity contribution in [2.24, 2.45) is 5.73 Å². The first kappa shape index (κ1) is 14.0. The molecule has 0 aliphatic carbocycles. The van der Waals surface area contributed by atoms with Crippen LogP contribution >= 0.6 is 11.3 Å². The van der Waals surface area contributed by atoms with Gasteiger partial charge in [-0.05, 0) is 43.2 Å². The lowest BCUT2D eigenvalue weighted by Gasteiger charge is -2.13. The fourth-order valence-corrected chi connectivity index (χ4v) is 3.00. The van der Waals surface area contributed by atoms with Gasteiger partial charge in [0.15, 0.2) is 0 Å². The second kappa shape index (κ2) is 5.67. The van der Waals surface area contributed by atoms with Crippen LogP contribution in [0, 0.1) is 13.8 Å². The van der Waals surface area contributed by atoms with E-state index in [2.05, 4.69) is 4.74 Å². The summed E-state index contributed by atoms with van der Waals surface area (Å²) in [6.45, 7) is 1.20. The number of rotatable bonds is 4. The Labute approximate surface area is 114 Å². The van der Waals surface area contributed by atoms with Crippen LogP contribution in [-0.4, -0.2) is 6.61 Å². The molecule has 0 saturated heterocycles. The van der Waals surface area contributed by atoms with Crippen molar-refractivity contribution in [2.75, 3.05) is 0 Å². The maximum absolute atomic E-state index is 12.2. The van der Waals surface area contributed by atoms with Crippen molar-refractivity contribution in [2.45, 2.75) is 26.5 Å². The highest BCUT2D eigenvalue weighted by Crippen LogP contribution is 2.30. The molecule has 0 radical (unpaired) electrons. The van der Waals surface area contributed by atoms with E-state index in [1.54, 1.807) is 23.5 Å². The Kier molecular flexibility index (Phi) is 4.17. The van der Waals surface area contributed by atoms with Crippen molar-refractivity contribution in [1.29, 1.82) is 0 Å². The first-order valence-corrected chi connectivity index (χ1v) is 6.66. The van der Waals surface area contributed by atoms with Crippen molar-refractivity contribution < 1.29 is 13.5 Å². The van der Waals surface area contributed by atoms with Gasteiger partial charge in [-0.1, -0.05) is 12.1 Å². The highest BCUT2D eigenvalue weighted by Gasteiger charge is 2.15. The van der Waals surface area contributed by atoms with Gasteiger partial charge in [-0.25, -0.2) is 0 Å². The van der Waals surface area contributed by atoms with E-state index >= 15 is 0 Å². The summed E-state index contributed by atoms with van der Waals surface area (Å²) in [4.78, 5) is 2.33. The summed E-state index contributed by atoms with van der Waals surface area (Å²) in [6.07, 6.45) is 0. The summed E-state index contributed by atoms with van der Waals surface area (Å²) in [6, 6.07) is 8.24. The van der Waals surface area contributed by atoms with Crippen LogP contribution in [0.2, 0.25) is 0 Å². The Morgan fingerprint density at radius 2 is 1.95 bits per heavy atom. The normalized spacial score (nSPS) is 12.7. The second-order valence-corrected chi connectivity index (χ2v) is 5.76. The number of halogens is 2. The van der Waals surface area contributed by atoms with Crippen molar-refractivity contribution in [3.05, 3.63) is 51.2 Å². The minimum Gasteiger partial charge on any atom is -0.435 e. The zero-order valence-corrected chi connectivity index (χ0v) is 11.5. The molecule has 0 aliphatic heterocycles. The molecular weight excluding hydrogens is 268 g/mol. The molecule has 5 heteroatoms. The van der Waals surface area contributed by atoms with Crippen LogP contribution in [0.25, 0.3) is 0 Å². The third kappa shape index (κ3) is 3.30. The quantitative estimate of drug-likeness (QED) is 0.920. The largest absolute Gasteiger partial charge is 0.435 e. The number of ether oxygens (including phenoxy) is 1. The van der Waals surface area contributed by atoms with Crippen LogP contribution in [0.1, 0.15) is 26.9 Å². The van der Waals surface area contributed by atoms with Crippen molar-refractivity contribution in [3.63, 3.8) is 0 Å². The molecule has 2 N–H and O–H groups in total. The predicted octanol–water partition coefficient (Wildman–Crippen LogP) is 4.01. The number of aryl methyl sites for hydroxylation is 2. The summed E-state index contributed by atoms with van der Waals surface area (Å²) in [5, 5.41) is 0. The van der Waals surface area contributed by atoms with Gasteiger partial charge in [0.25, 0.3) is 0 Å². The lowest BCUT2D eigenvalue weighted by molar-refractivity contribution is -0.0498. The molecule has 1 heterocycles. The SMILES string of the molecule is Cc1cc(C(N)c2cccc(OC(F)F)c2)c(C)s1. The minimum absolute atomic E-state index is 0.132. The molecule has 102 valence electrons. The van der Waals surface area contributed by atoms with Gasteiger partial charge >= 0.3 is 6.61 Å². The molecule has 0 saturated carbocycles. The van der Waals surface area contributed by atoms with Crippen molar-refractivity contribution in [1.82, 2.24) is 0 Å². The van der Waals surface area contributed by atoms with Gasteiger partial charge in [-0.15, -0.1) is 11.3 Å². The molecule has 0 bridgehead atoms. The lowest BCUT2D eigenvalue weighted by atomic mass is 10.00. The third-order valence-electron chi connectivity index (χ3n) is 2.86. The van der Waals surface area contributed by atoms with E-state index in [0.29, 0.717) is 0 Å². The molecule has 0 aliphatic rings. The van der Waals surface area contributed by atoms with Gasteiger partial charge in [0, 0.05) is 9.75 Å². The van der Waals surface area contributed by atoms with Crippen LogP contribution in [0.3, 0.4) is 0 Å². The zero-order chi connectivity index (χ0) is 14.0. The second-order valence-electron chi connectivity index (χ2n) is 4.30. The Balaban J connectivity index is 2.28. The Hall–Kier alpha value is -1.46. The molecule has 0 spiro atoms. The van der Waals surface area contributed by atoms with Crippen LogP contribution in [0.15, 0.2) is 30.3 Å². The number of nitrogens with two attached hydrogens (primary N) is 1. The average Bonchev–Trinajstić information content (AvgIpc) is 2.67. The van der Waals surface area contributed by atoms with Crippen LogP contribution in [0.4, 0.5) is 8.78 Å². The molecule has 2 aromatic rings. The van der Waals surface area contributed by atoms with E-state index in [-0.39, 0.29) is 11.8 Å². The topological polar surface area (TPSA) is 35.2 Å². The summed E-state index contributed by atoms with van der Waals surface area (Å²) < 4.78 is 28.8. The van der Waals surface area contributed by atoms with Gasteiger partial charge in [0.1, 0.15) is 5.75 Å². The van der Waals surface area contributed by atoms with E-state index in [1.807, 2.05) is 26.0 Å². The predicted molar refractivity (Wildman–Crippen MR) is 72.9 cm³/mol. The first-order valence-electron chi connectivity index (χ1n) is 5.84. The fourth-order valence-electron chi connectivity index (χ4n) is 2.02. The highest BCUT2D eigenvalue weighted by molar-refractivity contribution is 7.12. The van der Waals surface area contributed by atoms with Gasteiger partial charge in [-0.2, -0.15) is 8.78 Å². The van der Waals surface area contributed by atoms with Crippen LogP contribution in [-0.2, 0) is 0 Å². The number of thiophene rings is 1. The summed E-state index contributed by atoms with van der Waals surface area (Å²) in [5.74, 6) is 0.132. The van der Waals surface area contributed by atoms with E-state index in [1.165, 1.54) is 10.9 Å². The number of hydrogen-bond acceptors (Lipinski definition) is 3. The van der Waals surface area contributed by atoms with E-state index < -0.39 is 6.61 Å². The Morgan fingerprint density at radius 3 is 2.53 bits per heavy atom. The van der Waals surface area contributed by atoms with Gasteiger partial charge in [0.2, 0.25) is 0 Å². The maximum atomic E-state index is 12.2. The molecule has 1 aromatic heterocycles. The Morgan fingerprint density at radius 1 is 1.21 bits per heavy atom. The molecule has 2 nitrogen and oxygen atoms in total. The summed E-state index contributed by atoms with van der Waals surface area (Å²) in [5.41, 5.74) is 7.98. The standard InChI is InChI=1S/C14H15F2NOS/c1-8-6-12(9(2)19-8)13(17)10-4-3-5-11(7-10)18-14(15)16/h3-7,13-14H,17H2,1-2H3. The average molecular weight is 283 g/mol. The third-order valence-corrected chi connectivity index (χ3v) is 3.84. The minimum atomic E-state index is -2.82. The molecule has 0 amide bonds. The maximum Gasteiger partial charge on any atom is 0.387 e. The fraction of sp³-hybridized carbons (Fsp3) is 0.286. The van der Waals surface area contributed by atoms with Gasteiger partial charge in [0.05, 0.1) is 6.04 Å². The molecule has 0 fully saturated rings. The summed E-state index contributed by atoms with van der Waals surface area (Å²) >= 11 is 1.68. The zero-order valence-electron chi connectivity index (χ0n) is 10.7. The molecule has 1 unspecified atom stereocenters. The van der Waals surface area contributed by atoms with E-state index in [0.717, 1.165) is 16.0 Å². The van der Waals surface area contributed by atoms with E-state index in [9.17, 15) is 8.78 Å². The Bertz CT molecular complexity index is 568. The van der Waals surface area contributed by atoms with Crippen molar-refractivity contribution >= 4 is 11.3 Å². The molecule has 1 aromatic carbocycles. The molecule has 19 heavy (non-hydrogen) atoms. The lowest BCUT2D eigenvalue weighted by Crippen LogP contribution is -2.12. The molecular formula is C14H15F2NOS. The van der Waals surface area contributed by atoms with Crippen molar-refractivity contribution in [3.8, 4) is 5.75 Å². The summed E-state index contributed by atoms with van der Waals surface area (Å²) in [7, 11) is 0. The smallest absolute Gasteiger partial charge is 0.387 e. The monoisotopic (exact) mass is 283 g/mol. The number of hydrogen-bond donors (Lipinski definition) is 1. The van der Waals surface area contributed by atoms with E-state index in [4.69, 9.17) is 5.73 Å². The molecule has 2 rings (SSSR count). The van der Waals surface area contributed by atoms with Crippen LogP contribution < -0.4 is 10.5 Å². The number of benzene rings is 1. The van der Waals surface area contributed by atoms with Gasteiger partial charge < -0.3 is 10.5 Å². The van der Waals surface area contributed by atoms with Crippen LogP contribution in [0.5, 0.6) is 5.75 Å². The highest BCUT2D eigenvalue weighted by atomic mass is 32.1. The first-order chi connectivity index (χ1) is 8.97.